The molecule has 0 amide bonds. The standard InChI is InChI=1S/C21H23F2N7/c1-12-10-30(5-4-24-12)15-8-16(22)19-18(9-15)29(3)27-21(19)25-14-6-13-11-28(2)26-20(13)17(23)7-14/h6-9,11-12,24H,4-5,10H2,1-3H3,(H,25,27). The lowest BCUT2D eigenvalue weighted by atomic mass is 10.1. The van der Waals surface area contributed by atoms with E-state index in [4.69, 9.17) is 0 Å². The zero-order valence-electron chi connectivity index (χ0n) is 17.1. The van der Waals surface area contributed by atoms with E-state index in [-0.39, 0.29) is 5.82 Å². The fourth-order valence-electron chi connectivity index (χ4n) is 4.18. The molecule has 4 aromatic rings. The molecule has 0 spiro atoms. The van der Waals surface area contributed by atoms with E-state index < -0.39 is 5.82 Å². The minimum absolute atomic E-state index is 0.301. The van der Waals surface area contributed by atoms with Crippen LogP contribution >= 0.6 is 0 Å². The summed E-state index contributed by atoms with van der Waals surface area (Å²) in [7, 11) is 3.52. The van der Waals surface area contributed by atoms with Crippen LogP contribution in [0.1, 0.15) is 6.92 Å². The van der Waals surface area contributed by atoms with E-state index in [2.05, 4.69) is 32.7 Å². The average molecular weight is 411 g/mol. The van der Waals surface area contributed by atoms with Crippen molar-refractivity contribution in [2.24, 2.45) is 14.1 Å². The van der Waals surface area contributed by atoms with E-state index in [1.807, 2.05) is 6.07 Å². The van der Waals surface area contributed by atoms with Gasteiger partial charge in [-0.25, -0.2) is 8.78 Å². The fraction of sp³-hybridized carbons (Fsp3) is 0.333. The zero-order chi connectivity index (χ0) is 21.0. The van der Waals surface area contributed by atoms with Gasteiger partial charge in [0.15, 0.2) is 11.6 Å². The molecule has 1 fully saturated rings. The summed E-state index contributed by atoms with van der Waals surface area (Å²) in [5.41, 5.74) is 2.31. The number of aryl methyl sites for hydroxylation is 2. The molecule has 0 saturated carbocycles. The number of halogens is 2. The zero-order valence-corrected chi connectivity index (χ0v) is 17.1. The van der Waals surface area contributed by atoms with Gasteiger partial charge in [-0.05, 0) is 31.2 Å². The number of hydrogen-bond donors (Lipinski definition) is 2. The Morgan fingerprint density at radius 2 is 1.93 bits per heavy atom. The molecule has 5 rings (SSSR count). The Hall–Kier alpha value is -3.20. The summed E-state index contributed by atoms with van der Waals surface area (Å²) in [6.45, 7) is 4.62. The normalized spacial score (nSPS) is 17.2. The second kappa shape index (κ2) is 6.94. The number of fused-ring (bicyclic) bond motifs is 2. The van der Waals surface area contributed by atoms with Gasteiger partial charge in [-0.3, -0.25) is 9.36 Å². The minimum atomic E-state index is -0.438. The summed E-state index contributed by atoms with van der Waals surface area (Å²) < 4.78 is 32.8. The smallest absolute Gasteiger partial charge is 0.163 e. The van der Waals surface area contributed by atoms with Crippen LogP contribution < -0.4 is 15.5 Å². The first-order valence-corrected chi connectivity index (χ1v) is 9.93. The van der Waals surface area contributed by atoms with Crippen molar-refractivity contribution in [2.45, 2.75) is 13.0 Å². The van der Waals surface area contributed by atoms with Crippen molar-refractivity contribution >= 4 is 39.0 Å². The lowest BCUT2D eigenvalue weighted by molar-refractivity contribution is 0.484. The summed E-state index contributed by atoms with van der Waals surface area (Å²) in [6, 6.07) is 6.99. The maximum atomic E-state index is 15.2. The monoisotopic (exact) mass is 411 g/mol. The maximum Gasteiger partial charge on any atom is 0.163 e. The largest absolute Gasteiger partial charge is 0.369 e. The summed E-state index contributed by atoms with van der Waals surface area (Å²) >= 11 is 0. The van der Waals surface area contributed by atoms with Gasteiger partial charge in [0.25, 0.3) is 0 Å². The van der Waals surface area contributed by atoms with E-state index in [0.29, 0.717) is 39.4 Å². The van der Waals surface area contributed by atoms with Crippen molar-refractivity contribution in [1.82, 2.24) is 24.9 Å². The Bertz CT molecular complexity index is 1260. The Kier molecular flexibility index (Phi) is 4.35. The molecular weight excluding hydrogens is 388 g/mol. The van der Waals surface area contributed by atoms with Crippen LogP contribution in [0.25, 0.3) is 21.8 Å². The SMILES string of the molecule is CC1CN(c2cc(F)c3c(Nc4cc(F)c5nn(C)cc5c4)nn(C)c3c2)CCN1. The van der Waals surface area contributed by atoms with E-state index in [1.54, 1.807) is 41.8 Å². The van der Waals surface area contributed by atoms with E-state index in [1.165, 1.54) is 6.07 Å². The Morgan fingerprint density at radius 3 is 2.73 bits per heavy atom. The highest BCUT2D eigenvalue weighted by molar-refractivity contribution is 5.95. The predicted molar refractivity (Wildman–Crippen MR) is 114 cm³/mol. The summed E-state index contributed by atoms with van der Waals surface area (Å²) in [5, 5.41) is 16.1. The number of nitrogens with zero attached hydrogens (tertiary/aromatic N) is 5. The molecule has 30 heavy (non-hydrogen) atoms. The van der Waals surface area contributed by atoms with Gasteiger partial charge in [-0.2, -0.15) is 10.2 Å². The first-order valence-electron chi connectivity index (χ1n) is 9.93. The molecule has 2 aromatic carbocycles. The van der Waals surface area contributed by atoms with E-state index >= 15 is 4.39 Å². The molecule has 156 valence electrons. The van der Waals surface area contributed by atoms with Gasteiger partial charge in [0.2, 0.25) is 0 Å². The molecule has 0 radical (unpaired) electrons. The molecule has 3 heterocycles. The first kappa shape index (κ1) is 18.8. The molecule has 7 nitrogen and oxygen atoms in total. The van der Waals surface area contributed by atoms with Crippen LogP contribution in [0.3, 0.4) is 0 Å². The summed E-state index contributed by atoms with van der Waals surface area (Å²) in [6.07, 6.45) is 1.74. The van der Waals surface area contributed by atoms with Crippen LogP contribution in [0.5, 0.6) is 0 Å². The van der Waals surface area contributed by atoms with Gasteiger partial charge >= 0.3 is 0 Å². The van der Waals surface area contributed by atoms with Gasteiger partial charge in [0.05, 0.1) is 10.9 Å². The Balaban J connectivity index is 1.54. The second-order valence-corrected chi connectivity index (χ2v) is 7.92. The Labute approximate surface area is 172 Å². The highest BCUT2D eigenvalue weighted by Gasteiger charge is 2.21. The quantitative estimate of drug-likeness (QED) is 0.542. The third-order valence-corrected chi connectivity index (χ3v) is 5.56. The number of hydrogen-bond acceptors (Lipinski definition) is 5. The first-order chi connectivity index (χ1) is 14.4. The topological polar surface area (TPSA) is 62.9 Å². The number of nitrogens with one attached hydrogen (secondary N) is 2. The molecule has 1 atom stereocenters. The molecule has 1 aliphatic rings. The molecule has 1 unspecified atom stereocenters. The van der Waals surface area contributed by atoms with Crippen LogP contribution in [0.2, 0.25) is 0 Å². The summed E-state index contributed by atoms with van der Waals surface area (Å²) in [4.78, 5) is 2.18. The number of aromatic nitrogens is 4. The Morgan fingerprint density at radius 1 is 1.10 bits per heavy atom. The van der Waals surface area contributed by atoms with Crippen LogP contribution in [-0.2, 0) is 14.1 Å². The van der Waals surface area contributed by atoms with Gasteiger partial charge in [0, 0.05) is 62.7 Å². The molecular formula is C21H23F2N7. The fourth-order valence-corrected chi connectivity index (χ4v) is 4.18. The maximum absolute atomic E-state index is 15.2. The van der Waals surface area contributed by atoms with E-state index in [0.717, 1.165) is 25.3 Å². The molecule has 0 aliphatic carbocycles. The van der Waals surface area contributed by atoms with Gasteiger partial charge in [0.1, 0.15) is 11.3 Å². The number of anilines is 3. The lowest BCUT2D eigenvalue weighted by Crippen LogP contribution is -2.49. The van der Waals surface area contributed by atoms with E-state index in [9.17, 15) is 4.39 Å². The highest BCUT2D eigenvalue weighted by Crippen LogP contribution is 2.33. The van der Waals surface area contributed by atoms with Gasteiger partial charge < -0.3 is 15.5 Å². The van der Waals surface area contributed by atoms with Gasteiger partial charge in [-0.1, -0.05) is 0 Å². The highest BCUT2D eigenvalue weighted by atomic mass is 19.1. The average Bonchev–Trinajstić information content (AvgIpc) is 3.22. The van der Waals surface area contributed by atoms with Crippen molar-refractivity contribution in [1.29, 1.82) is 0 Å². The molecule has 2 N–H and O–H groups in total. The van der Waals surface area contributed by atoms with Crippen molar-refractivity contribution in [2.75, 3.05) is 29.9 Å². The third-order valence-electron chi connectivity index (χ3n) is 5.56. The number of rotatable bonds is 3. The van der Waals surface area contributed by atoms with Crippen molar-refractivity contribution in [3.05, 3.63) is 42.1 Å². The number of piperazine rings is 1. The minimum Gasteiger partial charge on any atom is -0.369 e. The summed E-state index contributed by atoms with van der Waals surface area (Å²) in [5.74, 6) is -0.438. The van der Waals surface area contributed by atoms with Crippen LogP contribution in [0.15, 0.2) is 30.5 Å². The van der Waals surface area contributed by atoms with Crippen LogP contribution in [-0.4, -0.2) is 45.2 Å². The second-order valence-electron chi connectivity index (χ2n) is 7.92. The lowest BCUT2D eigenvalue weighted by Gasteiger charge is -2.33. The van der Waals surface area contributed by atoms with Gasteiger partial charge in [-0.15, -0.1) is 0 Å². The number of benzene rings is 2. The molecule has 1 saturated heterocycles. The third kappa shape index (κ3) is 3.15. The van der Waals surface area contributed by atoms with Crippen molar-refractivity contribution in [3.63, 3.8) is 0 Å². The molecule has 0 bridgehead atoms. The van der Waals surface area contributed by atoms with Crippen molar-refractivity contribution in [3.8, 4) is 0 Å². The van der Waals surface area contributed by atoms with Crippen LogP contribution in [0.4, 0.5) is 26.0 Å². The van der Waals surface area contributed by atoms with Crippen LogP contribution in [0, 0.1) is 11.6 Å². The molecule has 1 aliphatic heterocycles. The predicted octanol–water partition coefficient (Wildman–Crippen LogP) is 3.28. The molecule has 2 aromatic heterocycles. The van der Waals surface area contributed by atoms with Crippen molar-refractivity contribution < 1.29 is 8.78 Å². The molecule has 9 heteroatoms.